The number of aliphatic imine (C=N–C) groups is 1. The molecule has 7 heteroatoms. The average molecular weight is 522 g/mol. The number of nitrogens with zero attached hydrogens (tertiary/aromatic N) is 5. The maximum absolute atomic E-state index is 5.18. The summed E-state index contributed by atoms with van der Waals surface area (Å²) in [6, 6.07) is 15.0. The lowest BCUT2D eigenvalue weighted by Gasteiger charge is -2.39. The van der Waals surface area contributed by atoms with Gasteiger partial charge in [0.25, 0.3) is 0 Å². The van der Waals surface area contributed by atoms with Crippen LogP contribution in [0.2, 0.25) is 0 Å². The van der Waals surface area contributed by atoms with Crippen molar-refractivity contribution in [1.82, 2.24) is 25.0 Å². The number of fused-ring (bicyclic) bond motifs is 1. The van der Waals surface area contributed by atoms with Gasteiger partial charge in [-0.2, -0.15) is 5.10 Å². The first-order valence-electron chi connectivity index (χ1n) is 12.3. The summed E-state index contributed by atoms with van der Waals surface area (Å²) in [5.41, 5.74) is 3.89. The maximum Gasteiger partial charge on any atom is 0.166 e. The third-order valence-electron chi connectivity index (χ3n) is 7.23. The van der Waals surface area contributed by atoms with Gasteiger partial charge in [0.15, 0.2) is 5.82 Å². The highest BCUT2D eigenvalue weighted by molar-refractivity contribution is 9.10. The Balaban J connectivity index is 1.32. The Morgan fingerprint density at radius 3 is 2.79 bits per heavy atom. The Kier molecular flexibility index (Phi) is 7.23. The molecule has 4 heterocycles. The first-order valence-corrected chi connectivity index (χ1v) is 13.1. The molecule has 1 N–H and O–H groups in total. The summed E-state index contributed by atoms with van der Waals surface area (Å²) >= 11 is 3.68. The molecule has 1 saturated heterocycles. The minimum atomic E-state index is 0.0626. The van der Waals surface area contributed by atoms with Gasteiger partial charge in [-0.15, -0.1) is 0 Å². The van der Waals surface area contributed by atoms with Crippen LogP contribution in [0.15, 0.2) is 70.5 Å². The van der Waals surface area contributed by atoms with Gasteiger partial charge in [0, 0.05) is 49.6 Å². The van der Waals surface area contributed by atoms with Crippen LogP contribution in [0.4, 0.5) is 5.82 Å². The van der Waals surface area contributed by atoms with Crippen molar-refractivity contribution in [3.8, 4) is 0 Å². The minimum Gasteiger partial charge on any atom is -0.302 e. The van der Waals surface area contributed by atoms with Gasteiger partial charge in [0.05, 0.1) is 10.7 Å². The van der Waals surface area contributed by atoms with Gasteiger partial charge in [-0.05, 0) is 58.4 Å². The molecule has 4 atom stereocenters. The van der Waals surface area contributed by atoms with E-state index in [0.29, 0.717) is 11.8 Å². The van der Waals surface area contributed by atoms with Crippen LogP contribution in [0.3, 0.4) is 0 Å². The lowest BCUT2D eigenvalue weighted by molar-refractivity contribution is 0.189. The smallest absolute Gasteiger partial charge is 0.166 e. The molecule has 2 aliphatic heterocycles. The van der Waals surface area contributed by atoms with Crippen molar-refractivity contribution in [2.24, 2.45) is 16.8 Å². The van der Waals surface area contributed by atoms with Crippen LogP contribution in [0.25, 0.3) is 0 Å². The molecule has 3 aromatic rings. The zero-order valence-electron chi connectivity index (χ0n) is 19.9. The third-order valence-corrected chi connectivity index (χ3v) is 7.79. The summed E-state index contributed by atoms with van der Waals surface area (Å²) in [5.74, 6) is 2.17. The number of piperidine rings is 1. The van der Waals surface area contributed by atoms with E-state index in [4.69, 9.17) is 4.99 Å². The van der Waals surface area contributed by atoms with E-state index in [9.17, 15) is 0 Å². The molecule has 0 bridgehead atoms. The summed E-state index contributed by atoms with van der Waals surface area (Å²) in [5, 5.41) is 8.38. The summed E-state index contributed by atoms with van der Waals surface area (Å²) in [6.07, 6.45) is 8.07. The molecule has 1 aromatic carbocycles. The van der Waals surface area contributed by atoms with Crippen LogP contribution in [-0.4, -0.2) is 45.0 Å². The van der Waals surface area contributed by atoms with Crippen molar-refractivity contribution < 1.29 is 0 Å². The van der Waals surface area contributed by atoms with Gasteiger partial charge in [-0.1, -0.05) is 50.2 Å². The van der Waals surface area contributed by atoms with Crippen LogP contribution in [0, 0.1) is 11.8 Å². The first-order chi connectivity index (χ1) is 16.6. The lowest BCUT2D eigenvalue weighted by atomic mass is 9.84. The second-order valence-corrected chi connectivity index (χ2v) is 10.5. The van der Waals surface area contributed by atoms with Gasteiger partial charge in [-0.25, -0.2) is 9.67 Å². The highest BCUT2D eigenvalue weighted by Gasteiger charge is 2.36. The Morgan fingerprint density at radius 2 is 2.00 bits per heavy atom. The van der Waals surface area contributed by atoms with Gasteiger partial charge < -0.3 is 4.90 Å². The van der Waals surface area contributed by atoms with Crippen molar-refractivity contribution in [1.29, 1.82) is 0 Å². The molecule has 0 aliphatic carbocycles. The third kappa shape index (κ3) is 5.02. The molecule has 4 unspecified atom stereocenters. The van der Waals surface area contributed by atoms with E-state index in [1.807, 2.05) is 29.3 Å². The predicted octanol–water partition coefficient (Wildman–Crippen LogP) is 5.57. The standard InChI is InChI=1S/C27H33BrN6/c1-19(22-9-4-3-5-10-22)17-33-13-7-11-23(18-33)25-20(2)26(30-15-21-8-6-12-29-14-21)34-27(32-25)24(28)16-31-34/h3-6,8-10,12,14,16,19-20,23,26,30H,7,11,13,15,17-18H2,1-2H3. The molecule has 1 fully saturated rings. The second kappa shape index (κ2) is 10.5. The number of halogens is 1. The molecule has 0 spiro atoms. The number of aromatic nitrogens is 3. The summed E-state index contributed by atoms with van der Waals surface area (Å²) < 4.78 is 2.99. The van der Waals surface area contributed by atoms with Gasteiger partial charge in [0.1, 0.15) is 6.17 Å². The molecular formula is C27H33BrN6. The quantitative estimate of drug-likeness (QED) is 0.442. The Bertz CT molecular complexity index is 1110. The number of benzene rings is 1. The number of likely N-dealkylation sites (tertiary alicyclic amines) is 1. The van der Waals surface area contributed by atoms with E-state index in [0.717, 1.165) is 29.9 Å². The van der Waals surface area contributed by atoms with Crippen molar-refractivity contribution in [2.75, 3.05) is 19.6 Å². The SMILES string of the molecule is CC(CN1CCCC(C2=Nc3c(Br)cnn3C(NCc3cccnc3)C2C)C1)c1ccccc1. The topological polar surface area (TPSA) is 58.3 Å². The van der Waals surface area contributed by atoms with Crippen molar-refractivity contribution in [3.05, 3.63) is 76.7 Å². The molecule has 34 heavy (non-hydrogen) atoms. The summed E-state index contributed by atoms with van der Waals surface area (Å²) in [6.45, 7) is 8.71. The summed E-state index contributed by atoms with van der Waals surface area (Å²) in [7, 11) is 0. The molecule has 0 amide bonds. The molecule has 178 valence electrons. The number of hydrogen-bond donors (Lipinski definition) is 1. The van der Waals surface area contributed by atoms with Crippen molar-refractivity contribution >= 4 is 27.5 Å². The maximum atomic E-state index is 5.18. The van der Waals surface area contributed by atoms with E-state index in [2.05, 4.69) is 86.5 Å². The van der Waals surface area contributed by atoms with Gasteiger partial charge >= 0.3 is 0 Å². The normalized spacial score (nSPS) is 23.9. The van der Waals surface area contributed by atoms with E-state index in [-0.39, 0.29) is 12.1 Å². The van der Waals surface area contributed by atoms with Crippen LogP contribution in [-0.2, 0) is 6.54 Å². The van der Waals surface area contributed by atoms with E-state index in [1.165, 1.54) is 36.2 Å². The van der Waals surface area contributed by atoms with Crippen LogP contribution in [0.5, 0.6) is 0 Å². The van der Waals surface area contributed by atoms with E-state index < -0.39 is 0 Å². The lowest BCUT2D eigenvalue weighted by Crippen LogP contribution is -2.46. The number of nitrogens with one attached hydrogen (secondary N) is 1. The Hall–Kier alpha value is -2.35. The molecule has 2 aliphatic rings. The molecule has 0 saturated carbocycles. The number of rotatable bonds is 7. The largest absolute Gasteiger partial charge is 0.302 e. The molecule has 6 nitrogen and oxygen atoms in total. The van der Waals surface area contributed by atoms with Crippen LogP contribution >= 0.6 is 15.9 Å². The fraction of sp³-hybridized carbons (Fsp3) is 0.444. The highest BCUT2D eigenvalue weighted by Crippen LogP contribution is 2.38. The molecule has 0 radical (unpaired) electrons. The zero-order chi connectivity index (χ0) is 23.5. The van der Waals surface area contributed by atoms with Crippen LogP contribution in [0.1, 0.15) is 49.9 Å². The zero-order valence-corrected chi connectivity index (χ0v) is 21.5. The number of pyridine rings is 1. The van der Waals surface area contributed by atoms with Gasteiger partial charge in [0.2, 0.25) is 0 Å². The van der Waals surface area contributed by atoms with Gasteiger partial charge in [-0.3, -0.25) is 10.3 Å². The highest BCUT2D eigenvalue weighted by atomic mass is 79.9. The number of hydrogen-bond acceptors (Lipinski definition) is 5. The monoisotopic (exact) mass is 520 g/mol. The fourth-order valence-corrected chi connectivity index (χ4v) is 5.79. The second-order valence-electron chi connectivity index (χ2n) is 9.68. The molecule has 5 rings (SSSR count). The minimum absolute atomic E-state index is 0.0626. The average Bonchev–Trinajstić information content (AvgIpc) is 3.24. The van der Waals surface area contributed by atoms with Crippen molar-refractivity contribution in [3.63, 3.8) is 0 Å². The Morgan fingerprint density at radius 1 is 1.15 bits per heavy atom. The predicted molar refractivity (Wildman–Crippen MR) is 140 cm³/mol. The Labute approximate surface area is 210 Å². The molecular weight excluding hydrogens is 488 g/mol. The summed E-state index contributed by atoms with van der Waals surface area (Å²) in [4.78, 5) is 12.1. The van der Waals surface area contributed by atoms with E-state index in [1.54, 1.807) is 0 Å². The van der Waals surface area contributed by atoms with E-state index >= 15 is 0 Å². The fourth-order valence-electron chi connectivity index (χ4n) is 5.43. The first kappa shape index (κ1) is 23.4. The molecule has 2 aromatic heterocycles. The van der Waals surface area contributed by atoms with Crippen LogP contribution < -0.4 is 5.32 Å². The van der Waals surface area contributed by atoms with Crippen molar-refractivity contribution in [2.45, 2.75) is 45.3 Å².